The highest BCUT2D eigenvalue weighted by Crippen LogP contribution is 2.33. The number of alkyl halides is 1. The Morgan fingerprint density at radius 3 is 2.44 bits per heavy atom. The van der Waals surface area contributed by atoms with Gasteiger partial charge >= 0.3 is 0 Å². The van der Waals surface area contributed by atoms with E-state index >= 15 is 0 Å². The molecule has 0 saturated heterocycles. The van der Waals surface area contributed by atoms with Crippen LogP contribution in [0.1, 0.15) is 26.3 Å². The highest BCUT2D eigenvalue weighted by Gasteiger charge is 2.26. The number of halogens is 1. The lowest BCUT2D eigenvalue weighted by Gasteiger charge is -2.16. The van der Waals surface area contributed by atoms with Crippen LogP contribution in [0.4, 0.5) is 0 Å². The summed E-state index contributed by atoms with van der Waals surface area (Å²) in [5.74, 6) is 1.07. The minimum absolute atomic E-state index is 0.0376. The number of nitrogens with one attached hydrogen (secondary N) is 1. The van der Waals surface area contributed by atoms with Gasteiger partial charge in [0.05, 0.1) is 5.70 Å². The topological polar surface area (TPSA) is 15.3 Å². The van der Waals surface area contributed by atoms with Crippen LogP contribution in [0, 0.1) is 0 Å². The van der Waals surface area contributed by atoms with Crippen LogP contribution < -0.4 is 5.43 Å². The molecule has 1 aliphatic rings. The molecular formula is C14H19ClN2S. The maximum absolute atomic E-state index is 6.04. The number of hydrazine groups is 1. The van der Waals surface area contributed by atoms with Gasteiger partial charge in [-0.25, -0.2) is 0 Å². The highest BCUT2D eigenvalue weighted by molar-refractivity contribution is 8.14. The molecule has 2 nitrogen and oxygen atoms in total. The number of hydrogen-bond donors (Lipinski definition) is 1. The third kappa shape index (κ3) is 2.48. The van der Waals surface area contributed by atoms with E-state index < -0.39 is 0 Å². The van der Waals surface area contributed by atoms with Gasteiger partial charge in [0.25, 0.3) is 0 Å². The summed E-state index contributed by atoms with van der Waals surface area (Å²) in [6, 6.07) is 11.1. The fraction of sp³-hybridized carbons (Fsp3) is 0.357. The van der Waals surface area contributed by atoms with E-state index in [0.29, 0.717) is 6.00 Å². The van der Waals surface area contributed by atoms with Crippen LogP contribution in [0.5, 0.6) is 0 Å². The van der Waals surface area contributed by atoms with Gasteiger partial charge in [0.2, 0.25) is 0 Å². The molecule has 0 fully saturated rings. The predicted molar refractivity (Wildman–Crippen MR) is 82.8 cm³/mol. The minimum Gasteiger partial charge on any atom is -0.308 e. The first kappa shape index (κ1) is 13.7. The van der Waals surface area contributed by atoms with Crippen molar-refractivity contribution < 1.29 is 0 Å². The summed E-state index contributed by atoms with van der Waals surface area (Å²) in [5.41, 5.74) is 7.26. The molecule has 0 aromatic heterocycles. The molecule has 1 aromatic carbocycles. The highest BCUT2D eigenvalue weighted by atomic mass is 35.5. The van der Waals surface area contributed by atoms with E-state index in [0.717, 1.165) is 5.75 Å². The lowest BCUT2D eigenvalue weighted by Crippen LogP contribution is -2.27. The molecule has 0 bridgehead atoms. The first-order valence-electron chi connectivity index (χ1n) is 6.10. The van der Waals surface area contributed by atoms with Crippen molar-refractivity contribution in [1.82, 2.24) is 9.84 Å². The molecular weight excluding hydrogens is 264 g/mol. The summed E-state index contributed by atoms with van der Waals surface area (Å²) < 4.78 is 2.13. The van der Waals surface area contributed by atoms with Gasteiger partial charge in [-0.3, -0.25) is 0 Å². The minimum atomic E-state index is 0.0376. The summed E-state index contributed by atoms with van der Waals surface area (Å²) >= 11 is 6.04. The van der Waals surface area contributed by atoms with E-state index in [9.17, 15) is 0 Å². The summed E-state index contributed by atoms with van der Waals surface area (Å²) in [7, 11) is 0.0376. The number of benzene rings is 1. The Balaban J connectivity index is 2.59. The van der Waals surface area contributed by atoms with Gasteiger partial charge in [0.15, 0.2) is 0 Å². The lowest BCUT2D eigenvalue weighted by molar-refractivity contribution is 0.466. The molecule has 0 aliphatic carbocycles. The Bertz CT molecular complexity index is 490. The van der Waals surface area contributed by atoms with Crippen LogP contribution >= 0.6 is 22.3 Å². The van der Waals surface area contributed by atoms with E-state index in [1.807, 2.05) is 0 Å². The summed E-state index contributed by atoms with van der Waals surface area (Å²) in [6.07, 6.45) is 0. The number of allylic oxidation sites excluding steroid dienone is 2. The van der Waals surface area contributed by atoms with Crippen molar-refractivity contribution in [2.45, 2.75) is 20.8 Å². The molecule has 4 heteroatoms. The third-order valence-electron chi connectivity index (χ3n) is 2.88. The Morgan fingerprint density at radius 1 is 1.28 bits per heavy atom. The van der Waals surface area contributed by atoms with Crippen LogP contribution in [0.15, 0.2) is 41.6 Å². The zero-order valence-corrected chi connectivity index (χ0v) is 12.6. The second-order valence-electron chi connectivity index (χ2n) is 4.33. The second-order valence-corrected chi connectivity index (χ2v) is 6.73. The molecule has 1 N–H and O–H groups in total. The van der Waals surface area contributed by atoms with Crippen molar-refractivity contribution in [2.75, 3.05) is 11.8 Å². The maximum Gasteiger partial charge on any atom is 0.103 e. The fourth-order valence-corrected chi connectivity index (χ4v) is 4.50. The van der Waals surface area contributed by atoms with Crippen molar-refractivity contribution in [3.05, 3.63) is 47.2 Å². The quantitative estimate of drug-likeness (QED) is 0.393. The van der Waals surface area contributed by atoms with Crippen molar-refractivity contribution in [3.8, 4) is 0 Å². The standard InChI is InChI=1S/C14H19ClN2S/c1-4-18-14(12-8-6-5-7-9-12)13(11(2)3)16-17(18)10-15/h5-9,16H,4,10H2,1-3H3. The fourth-order valence-electron chi connectivity index (χ4n) is 2.06. The number of nitrogens with zero attached hydrogens (tertiary/aromatic N) is 1. The third-order valence-corrected chi connectivity index (χ3v) is 5.47. The van der Waals surface area contributed by atoms with Gasteiger partial charge in [-0.05, 0) is 19.4 Å². The van der Waals surface area contributed by atoms with E-state index in [1.165, 1.54) is 21.7 Å². The van der Waals surface area contributed by atoms with Crippen LogP contribution in [-0.4, -0.2) is 21.0 Å². The molecule has 0 radical (unpaired) electrons. The number of hydrogen-bond acceptors (Lipinski definition) is 2. The zero-order chi connectivity index (χ0) is 13.1. The van der Waals surface area contributed by atoms with Crippen LogP contribution in [-0.2, 0) is 0 Å². The SMILES string of the molecule is CCS1=C(c2ccccc2)C(=C(C)C)NN1CCl. The predicted octanol–water partition coefficient (Wildman–Crippen LogP) is 3.72. The van der Waals surface area contributed by atoms with Crippen LogP contribution in [0.2, 0.25) is 0 Å². The van der Waals surface area contributed by atoms with Crippen molar-refractivity contribution in [2.24, 2.45) is 0 Å². The molecule has 0 saturated carbocycles. The van der Waals surface area contributed by atoms with Crippen molar-refractivity contribution in [1.29, 1.82) is 0 Å². The molecule has 1 heterocycles. The molecule has 1 unspecified atom stereocenters. The summed E-state index contributed by atoms with van der Waals surface area (Å²) in [4.78, 5) is 1.39. The van der Waals surface area contributed by atoms with Gasteiger partial charge in [-0.15, -0.1) is 11.6 Å². The van der Waals surface area contributed by atoms with Gasteiger partial charge in [-0.2, -0.15) is 4.41 Å². The lowest BCUT2D eigenvalue weighted by atomic mass is 10.1. The number of rotatable bonds is 3. The first-order chi connectivity index (χ1) is 8.69. The summed E-state index contributed by atoms with van der Waals surface area (Å²) in [6.45, 7) is 6.49. The Kier molecular flexibility index (Phi) is 4.49. The van der Waals surface area contributed by atoms with Gasteiger partial charge in [-0.1, -0.05) is 53.5 Å². The Morgan fingerprint density at radius 2 is 1.94 bits per heavy atom. The molecule has 1 aliphatic heterocycles. The molecule has 1 atom stereocenters. The van der Waals surface area contributed by atoms with Crippen LogP contribution in [0.25, 0.3) is 0 Å². The van der Waals surface area contributed by atoms with E-state index in [4.69, 9.17) is 11.6 Å². The Labute approximate surface area is 117 Å². The van der Waals surface area contributed by atoms with E-state index in [2.05, 4.69) is 60.9 Å². The van der Waals surface area contributed by atoms with Gasteiger partial charge in [0.1, 0.15) is 6.00 Å². The molecule has 18 heavy (non-hydrogen) atoms. The average molecular weight is 283 g/mol. The van der Waals surface area contributed by atoms with E-state index in [-0.39, 0.29) is 10.7 Å². The van der Waals surface area contributed by atoms with Crippen molar-refractivity contribution in [3.63, 3.8) is 0 Å². The molecule has 2 rings (SSSR count). The first-order valence-corrected chi connectivity index (χ1v) is 7.99. The Hall–Kier alpha value is -0.770. The zero-order valence-electron chi connectivity index (χ0n) is 11.0. The smallest absolute Gasteiger partial charge is 0.103 e. The monoisotopic (exact) mass is 282 g/mol. The van der Waals surface area contributed by atoms with Crippen molar-refractivity contribution >= 4 is 27.1 Å². The van der Waals surface area contributed by atoms with E-state index in [1.54, 1.807) is 0 Å². The molecule has 0 spiro atoms. The molecule has 98 valence electrons. The summed E-state index contributed by atoms with van der Waals surface area (Å²) in [5, 5.41) is 0. The normalized spacial score (nSPS) is 20.1. The molecule has 0 amide bonds. The molecule has 1 aromatic rings. The second kappa shape index (κ2) is 5.91. The maximum atomic E-state index is 6.04. The van der Waals surface area contributed by atoms with Crippen LogP contribution in [0.3, 0.4) is 0 Å². The van der Waals surface area contributed by atoms with Gasteiger partial charge in [0, 0.05) is 10.6 Å². The average Bonchev–Trinajstić information content (AvgIpc) is 2.78. The van der Waals surface area contributed by atoms with Gasteiger partial charge < -0.3 is 5.43 Å². The largest absolute Gasteiger partial charge is 0.308 e.